The van der Waals surface area contributed by atoms with E-state index in [1.54, 1.807) is 16.5 Å². The van der Waals surface area contributed by atoms with Crippen molar-refractivity contribution in [2.75, 3.05) is 20.1 Å². The summed E-state index contributed by atoms with van der Waals surface area (Å²) in [4.78, 5) is 27.9. The van der Waals surface area contributed by atoms with Gasteiger partial charge in [0, 0.05) is 32.9 Å². The Morgan fingerprint density at radius 3 is 2.80 bits per heavy atom. The van der Waals surface area contributed by atoms with Crippen molar-refractivity contribution in [1.29, 1.82) is 0 Å². The number of carbonyl (C=O) groups is 2. The molecule has 0 spiro atoms. The highest BCUT2D eigenvalue weighted by atomic mass is 16.4. The summed E-state index contributed by atoms with van der Waals surface area (Å²) >= 11 is 0. The number of aromatic nitrogens is 2. The number of carboxylic acids is 1. The van der Waals surface area contributed by atoms with Gasteiger partial charge in [0.25, 0.3) is 0 Å². The van der Waals surface area contributed by atoms with Gasteiger partial charge in [-0.15, -0.1) is 0 Å². The van der Waals surface area contributed by atoms with Crippen LogP contribution in [0, 0.1) is 5.92 Å². The smallest absolute Gasteiger partial charge is 0.356 e. The number of urea groups is 1. The third-order valence-electron chi connectivity index (χ3n) is 3.13. The Hall–Kier alpha value is -2.05. The molecule has 7 heteroatoms. The molecule has 0 bridgehead atoms. The molecule has 0 saturated heterocycles. The SMILES string of the molecule is CCC(C)CN(C)C(=O)NCCn1cnc(C(=O)O)c1. The molecule has 1 atom stereocenters. The molecule has 1 rings (SSSR count). The van der Waals surface area contributed by atoms with E-state index in [0.717, 1.165) is 13.0 Å². The van der Waals surface area contributed by atoms with E-state index in [2.05, 4.69) is 24.1 Å². The van der Waals surface area contributed by atoms with Crippen LogP contribution >= 0.6 is 0 Å². The number of amides is 2. The van der Waals surface area contributed by atoms with E-state index in [9.17, 15) is 9.59 Å². The topological polar surface area (TPSA) is 87.5 Å². The van der Waals surface area contributed by atoms with Crippen LogP contribution < -0.4 is 5.32 Å². The Bertz CT molecular complexity index is 458. The number of aromatic carboxylic acids is 1. The first-order valence-corrected chi connectivity index (χ1v) is 6.68. The van der Waals surface area contributed by atoms with Gasteiger partial charge in [-0.05, 0) is 5.92 Å². The quantitative estimate of drug-likeness (QED) is 0.788. The number of rotatable bonds is 7. The first-order chi connectivity index (χ1) is 9.43. The molecule has 1 aromatic heterocycles. The molecule has 1 heterocycles. The first kappa shape index (κ1) is 16.0. The van der Waals surface area contributed by atoms with Crippen LogP contribution in [0.15, 0.2) is 12.5 Å². The summed E-state index contributed by atoms with van der Waals surface area (Å²) in [6.07, 6.45) is 3.92. The minimum atomic E-state index is -1.05. The number of carbonyl (C=O) groups excluding carboxylic acids is 1. The first-order valence-electron chi connectivity index (χ1n) is 6.68. The maximum Gasteiger partial charge on any atom is 0.356 e. The predicted molar refractivity (Wildman–Crippen MR) is 74.7 cm³/mol. The molecule has 0 fully saturated rings. The average Bonchev–Trinajstić information content (AvgIpc) is 2.87. The van der Waals surface area contributed by atoms with E-state index in [1.165, 1.54) is 12.5 Å². The number of nitrogens with one attached hydrogen (secondary N) is 1. The van der Waals surface area contributed by atoms with Crippen molar-refractivity contribution in [2.45, 2.75) is 26.8 Å². The average molecular weight is 282 g/mol. The summed E-state index contributed by atoms with van der Waals surface area (Å²) in [5, 5.41) is 11.5. The summed E-state index contributed by atoms with van der Waals surface area (Å²) in [6, 6.07) is -0.121. The van der Waals surface area contributed by atoms with Gasteiger partial charge >= 0.3 is 12.0 Å². The van der Waals surface area contributed by atoms with E-state index in [-0.39, 0.29) is 11.7 Å². The number of imidazole rings is 1. The lowest BCUT2D eigenvalue weighted by Crippen LogP contribution is -2.40. The fourth-order valence-electron chi connectivity index (χ4n) is 1.70. The molecule has 2 amide bonds. The van der Waals surface area contributed by atoms with Crippen LogP contribution in [-0.4, -0.2) is 51.7 Å². The van der Waals surface area contributed by atoms with Gasteiger partial charge in [0.15, 0.2) is 5.69 Å². The fraction of sp³-hybridized carbons (Fsp3) is 0.615. The van der Waals surface area contributed by atoms with Gasteiger partial charge in [-0.2, -0.15) is 0 Å². The summed E-state index contributed by atoms with van der Waals surface area (Å²) in [7, 11) is 1.77. The van der Waals surface area contributed by atoms with Gasteiger partial charge in [-0.3, -0.25) is 0 Å². The highest BCUT2D eigenvalue weighted by Gasteiger charge is 2.11. The third-order valence-corrected chi connectivity index (χ3v) is 3.13. The van der Waals surface area contributed by atoms with Gasteiger partial charge in [0.1, 0.15) is 0 Å². The second-order valence-corrected chi connectivity index (χ2v) is 4.93. The molecule has 0 aliphatic carbocycles. The lowest BCUT2D eigenvalue weighted by Gasteiger charge is -2.21. The van der Waals surface area contributed by atoms with Gasteiger partial charge in [0.05, 0.1) is 6.33 Å². The van der Waals surface area contributed by atoms with Crippen molar-refractivity contribution in [2.24, 2.45) is 5.92 Å². The molecule has 7 nitrogen and oxygen atoms in total. The number of nitrogens with zero attached hydrogens (tertiary/aromatic N) is 3. The Morgan fingerprint density at radius 1 is 1.55 bits per heavy atom. The predicted octanol–water partition coefficient (Wildman–Crippen LogP) is 1.27. The Morgan fingerprint density at radius 2 is 2.25 bits per heavy atom. The Labute approximate surface area is 118 Å². The maximum atomic E-state index is 11.8. The molecule has 0 saturated carbocycles. The van der Waals surface area contributed by atoms with Crippen molar-refractivity contribution < 1.29 is 14.7 Å². The number of hydrogen-bond donors (Lipinski definition) is 2. The highest BCUT2D eigenvalue weighted by molar-refractivity contribution is 5.84. The van der Waals surface area contributed by atoms with Crippen molar-refractivity contribution >= 4 is 12.0 Å². The fourth-order valence-corrected chi connectivity index (χ4v) is 1.70. The summed E-state index contributed by atoms with van der Waals surface area (Å²) in [6.45, 7) is 5.83. The summed E-state index contributed by atoms with van der Waals surface area (Å²) in [5.74, 6) is -0.585. The lowest BCUT2D eigenvalue weighted by molar-refractivity contribution is 0.0691. The van der Waals surface area contributed by atoms with Crippen molar-refractivity contribution in [3.63, 3.8) is 0 Å². The van der Waals surface area contributed by atoms with Crippen molar-refractivity contribution in [3.05, 3.63) is 18.2 Å². The molecule has 0 radical (unpaired) electrons. The Kier molecular flexibility index (Phi) is 6.02. The minimum Gasteiger partial charge on any atom is -0.476 e. The van der Waals surface area contributed by atoms with E-state index < -0.39 is 5.97 Å². The highest BCUT2D eigenvalue weighted by Crippen LogP contribution is 2.02. The molecule has 1 aromatic rings. The lowest BCUT2D eigenvalue weighted by atomic mass is 10.1. The molecule has 112 valence electrons. The van der Waals surface area contributed by atoms with Gasteiger partial charge in [-0.25, -0.2) is 14.6 Å². The summed E-state index contributed by atoms with van der Waals surface area (Å²) < 4.78 is 1.64. The standard InChI is InChI=1S/C13H22N4O3/c1-4-10(2)7-16(3)13(20)14-5-6-17-8-11(12(18)19)15-9-17/h8-10H,4-7H2,1-3H3,(H,14,20)(H,18,19). The third kappa shape index (κ3) is 4.91. The summed E-state index contributed by atoms with van der Waals surface area (Å²) in [5.41, 5.74) is 0.00483. The monoisotopic (exact) mass is 282 g/mol. The maximum absolute atomic E-state index is 11.8. The zero-order chi connectivity index (χ0) is 15.1. The van der Waals surface area contributed by atoms with E-state index in [4.69, 9.17) is 5.11 Å². The molecular weight excluding hydrogens is 260 g/mol. The minimum absolute atomic E-state index is 0.00483. The van der Waals surface area contributed by atoms with E-state index >= 15 is 0 Å². The molecule has 0 aromatic carbocycles. The van der Waals surface area contributed by atoms with Crippen LogP contribution in [-0.2, 0) is 6.54 Å². The zero-order valence-electron chi connectivity index (χ0n) is 12.2. The van der Waals surface area contributed by atoms with Crippen molar-refractivity contribution in [1.82, 2.24) is 19.8 Å². The Balaban J connectivity index is 2.32. The molecule has 20 heavy (non-hydrogen) atoms. The van der Waals surface area contributed by atoms with E-state index in [1.807, 2.05) is 0 Å². The second kappa shape index (κ2) is 7.52. The van der Waals surface area contributed by atoms with Crippen LogP contribution in [0.4, 0.5) is 4.79 Å². The molecule has 1 unspecified atom stereocenters. The normalized spacial score (nSPS) is 11.9. The van der Waals surface area contributed by atoms with Crippen LogP contribution in [0.3, 0.4) is 0 Å². The van der Waals surface area contributed by atoms with Crippen molar-refractivity contribution in [3.8, 4) is 0 Å². The van der Waals surface area contributed by atoms with E-state index in [0.29, 0.717) is 19.0 Å². The molecule has 2 N–H and O–H groups in total. The number of hydrogen-bond acceptors (Lipinski definition) is 3. The second-order valence-electron chi connectivity index (χ2n) is 4.93. The van der Waals surface area contributed by atoms with Crippen LogP contribution in [0.5, 0.6) is 0 Å². The van der Waals surface area contributed by atoms with Gasteiger partial charge in [0.2, 0.25) is 0 Å². The molecular formula is C13H22N4O3. The zero-order valence-corrected chi connectivity index (χ0v) is 12.2. The van der Waals surface area contributed by atoms with Crippen LogP contribution in [0.2, 0.25) is 0 Å². The molecule has 0 aliphatic heterocycles. The van der Waals surface area contributed by atoms with Gasteiger partial charge < -0.3 is 19.9 Å². The van der Waals surface area contributed by atoms with Crippen LogP contribution in [0.25, 0.3) is 0 Å². The number of carboxylic acid groups (broad SMARTS) is 1. The van der Waals surface area contributed by atoms with Crippen LogP contribution in [0.1, 0.15) is 30.8 Å². The van der Waals surface area contributed by atoms with Gasteiger partial charge in [-0.1, -0.05) is 20.3 Å². The molecule has 0 aliphatic rings. The largest absolute Gasteiger partial charge is 0.476 e.